The molecule has 0 aromatic heterocycles. The molecule has 1 rings (SSSR count). The van der Waals surface area contributed by atoms with Crippen molar-refractivity contribution in [3.05, 3.63) is 29.8 Å². The van der Waals surface area contributed by atoms with Crippen molar-refractivity contribution in [2.24, 2.45) is 5.92 Å². The first kappa shape index (κ1) is 18.1. The molecule has 4 heteroatoms. The van der Waals surface area contributed by atoms with Gasteiger partial charge in [0.1, 0.15) is 0 Å². The van der Waals surface area contributed by atoms with Gasteiger partial charge in [0.05, 0.1) is 6.54 Å². The van der Waals surface area contributed by atoms with E-state index in [0.717, 1.165) is 18.5 Å². The maximum atomic E-state index is 11.6. The third-order valence-electron chi connectivity index (χ3n) is 3.92. The van der Waals surface area contributed by atoms with Crippen molar-refractivity contribution < 1.29 is 9.46 Å². The second-order valence-electron chi connectivity index (χ2n) is 6.81. The molecule has 0 radical (unpaired) electrons. The summed E-state index contributed by atoms with van der Waals surface area (Å²) < 4.78 is 11.6. The van der Waals surface area contributed by atoms with Crippen LogP contribution in [0, 0.1) is 5.92 Å². The molecule has 0 aliphatic carbocycles. The molecule has 1 aromatic carbocycles. The Balaban J connectivity index is 2.84. The van der Waals surface area contributed by atoms with Crippen LogP contribution in [0.4, 0.5) is 5.69 Å². The summed E-state index contributed by atoms with van der Waals surface area (Å²) in [7, 11) is -2.16. The summed E-state index contributed by atoms with van der Waals surface area (Å²) in [6.45, 7) is 11.3. The molecule has 0 aliphatic heterocycles. The first-order valence-corrected chi connectivity index (χ1v) is 9.04. The minimum atomic E-state index is -2.16. The molecule has 0 amide bonds. The second-order valence-corrected chi connectivity index (χ2v) is 8.08. The predicted molar refractivity (Wildman–Crippen MR) is 91.3 cm³/mol. The van der Waals surface area contributed by atoms with E-state index in [9.17, 15) is 9.46 Å². The van der Waals surface area contributed by atoms with Crippen LogP contribution in [0.5, 0.6) is 0 Å². The van der Waals surface area contributed by atoms with Gasteiger partial charge in [0.15, 0.2) is 0 Å². The highest BCUT2D eigenvalue weighted by Gasteiger charge is 2.34. The first-order valence-electron chi connectivity index (χ1n) is 7.76. The van der Waals surface area contributed by atoms with Gasteiger partial charge >= 0.3 is 8.03 Å². The normalized spacial score (nSPS) is 15.4. The molecule has 0 aliphatic rings. The van der Waals surface area contributed by atoms with E-state index in [4.69, 9.17) is 0 Å². The Labute approximate surface area is 130 Å². The average molecular weight is 310 g/mol. The van der Waals surface area contributed by atoms with Crippen molar-refractivity contribution in [3.63, 3.8) is 0 Å². The van der Waals surface area contributed by atoms with Crippen LogP contribution in [-0.4, -0.2) is 17.1 Å². The Morgan fingerprint density at radius 1 is 1.29 bits per heavy atom. The van der Waals surface area contributed by atoms with E-state index in [1.807, 2.05) is 18.2 Å². The minimum absolute atomic E-state index is 0.0511. The van der Waals surface area contributed by atoms with Crippen LogP contribution < -0.4 is 5.32 Å². The lowest BCUT2D eigenvalue weighted by molar-refractivity contribution is 0.439. The van der Waals surface area contributed by atoms with Crippen LogP contribution in [0.3, 0.4) is 0 Å². The molecule has 3 unspecified atom stereocenters. The van der Waals surface area contributed by atoms with Crippen molar-refractivity contribution in [2.75, 3.05) is 11.9 Å². The number of rotatable bonds is 7. The van der Waals surface area contributed by atoms with Gasteiger partial charge in [0.25, 0.3) is 0 Å². The molecule has 0 spiro atoms. The fraction of sp³-hybridized carbons (Fsp3) is 0.647. The lowest BCUT2D eigenvalue weighted by atomic mass is 9.86. The van der Waals surface area contributed by atoms with E-state index in [1.165, 1.54) is 5.56 Å². The number of nitrogens with one attached hydrogen (secondary N) is 1. The SMILES string of the molecule is CCCC(C)C(CNc1ccccc1C(C)(C)C)[P+](=O)O. The lowest BCUT2D eigenvalue weighted by Crippen LogP contribution is -2.25. The zero-order valence-corrected chi connectivity index (χ0v) is 14.8. The second kappa shape index (κ2) is 7.91. The third kappa shape index (κ3) is 5.41. The molecule has 21 heavy (non-hydrogen) atoms. The summed E-state index contributed by atoms with van der Waals surface area (Å²) in [6.07, 6.45) is 2.02. The molecule has 0 fully saturated rings. The molecule has 2 N–H and O–H groups in total. The molecule has 0 saturated carbocycles. The van der Waals surface area contributed by atoms with E-state index < -0.39 is 8.03 Å². The Hall–Kier alpha value is -0.920. The molecule has 3 nitrogen and oxygen atoms in total. The average Bonchev–Trinajstić information content (AvgIpc) is 2.38. The quantitative estimate of drug-likeness (QED) is 0.702. The molecule has 3 atom stereocenters. The predicted octanol–water partition coefficient (Wildman–Crippen LogP) is 4.94. The van der Waals surface area contributed by atoms with Gasteiger partial charge in [0.2, 0.25) is 5.66 Å². The topological polar surface area (TPSA) is 49.3 Å². The smallest absolute Gasteiger partial charge is 0.380 e. The third-order valence-corrected chi connectivity index (χ3v) is 5.18. The highest BCUT2D eigenvalue weighted by Crippen LogP contribution is 2.33. The van der Waals surface area contributed by atoms with Crippen LogP contribution >= 0.6 is 8.03 Å². The van der Waals surface area contributed by atoms with Gasteiger partial charge in [-0.1, -0.05) is 59.2 Å². The molecule has 0 bridgehead atoms. The number of para-hydroxylation sites is 1. The Bertz CT molecular complexity index is 468. The van der Waals surface area contributed by atoms with E-state index in [2.05, 4.69) is 46.0 Å². The van der Waals surface area contributed by atoms with Crippen molar-refractivity contribution in [3.8, 4) is 0 Å². The number of hydrogen-bond donors (Lipinski definition) is 2. The Kier molecular flexibility index (Phi) is 6.83. The standard InChI is InChI=1S/C17H28NO2P/c1-6-9-13(2)16(21(19)20)12-18-15-11-8-7-10-14(15)17(3,4)5/h7-8,10-11,13,16,18H,6,9,12H2,1-5H3/p+1. The molecular formula is C17H29NO2P+. The van der Waals surface area contributed by atoms with Crippen LogP contribution in [0.15, 0.2) is 24.3 Å². The zero-order valence-electron chi connectivity index (χ0n) is 13.9. The van der Waals surface area contributed by atoms with Crippen molar-refractivity contribution >= 4 is 13.7 Å². The summed E-state index contributed by atoms with van der Waals surface area (Å²) in [6, 6.07) is 8.20. The molecule has 1 aromatic rings. The van der Waals surface area contributed by atoms with Gasteiger partial charge in [-0.05, 0) is 28.0 Å². The Morgan fingerprint density at radius 2 is 1.90 bits per heavy atom. The van der Waals surface area contributed by atoms with Crippen LogP contribution in [0.25, 0.3) is 0 Å². The van der Waals surface area contributed by atoms with Gasteiger partial charge in [-0.25, -0.2) is 0 Å². The highest BCUT2D eigenvalue weighted by atomic mass is 31.1. The lowest BCUT2D eigenvalue weighted by Gasteiger charge is -2.24. The van der Waals surface area contributed by atoms with Crippen molar-refractivity contribution in [2.45, 2.75) is 58.5 Å². The van der Waals surface area contributed by atoms with Crippen LogP contribution in [0.2, 0.25) is 0 Å². The highest BCUT2D eigenvalue weighted by molar-refractivity contribution is 7.39. The van der Waals surface area contributed by atoms with Crippen molar-refractivity contribution in [1.82, 2.24) is 0 Å². The number of benzene rings is 1. The van der Waals surface area contributed by atoms with E-state index in [0.29, 0.717) is 6.54 Å². The number of hydrogen-bond acceptors (Lipinski definition) is 2. The summed E-state index contributed by atoms with van der Waals surface area (Å²) in [4.78, 5) is 9.59. The fourth-order valence-corrected chi connectivity index (χ4v) is 3.48. The van der Waals surface area contributed by atoms with E-state index >= 15 is 0 Å². The van der Waals surface area contributed by atoms with Gasteiger partial charge < -0.3 is 5.32 Å². The van der Waals surface area contributed by atoms with Gasteiger partial charge in [-0.3, -0.25) is 0 Å². The van der Waals surface area contributed by atoms with Crippen molar-refractivity contribution in [1.29, 1.82) is 0 Å². The zero-order chi connectivity index (χ0) is 16.0. The maximum absolute atomic E-state index is 11.6. The van der Waals surface area contributed by atoms with Gasteiger partial charge in [-0.2, -0.15) is 4.89 Å². The first-order chi connectivity index (χ1) is 9.77. The van der Waals surface area contributed by atoms with E-state index in [-0.39, 0.29) is 17.0 Å². The number of anilines is 1. The molecule has 0 heterocycles. The monoisotopic (exact) mass is 310 g/mol. The summed E-state index contributed by atoms with van der Waals surface area (Å²) in [5.74, 6) is 0.248. The minimum Gasteiger partial charge on any atom is -0.380 e. The summed E-state index contributed by atoms with van der Waals surface area (Å²) >= 11 is 0. The molecule has 118 valence electrons. The van der Waals surface area contributed by atoms with Crippen LogP contribution in [-0.2, 0) is 9.98 Å². The van der Waals surface area contributed by atoms with Gasteiger partial charge in [-0.15, -0.1) is 0 Å². The van der Waals surface area contributed by atoms with Crippen LogP contribution in [0.1, 0.15) is 53.0 Å². The largest absolute Gasteiger partial charge is 0.510 e. The molecular weight excluding hydrogens is 281 g/mol. The van der Waals surface area contributed by atoms with E-state index in [1.54, 1.807) is 0 Å². The fourth-order valence-electron chi connectivity index (χ4n) is 2.65. The summed E-state index contributed by atoms with van der Waals surface area (Å²) in [5.41, 5.74) is 2.15. The maximum Gasteiger partial charge on any atom is 0.510 e. The Morgan fingerprint density at radius 3 is 2.43 bits per heavy atom. The molecule has 0 saturated heterocycles. The van der Waals surface area contributed by atoms with Gasteiger partial charge in [0, 0.05) is 11.6 Å². The summed E-state index contributed by atoms with van der Waals surface area (Å²) in [5, 5.41) is 3.40.